The van der Waals surface area contributed by atoms with E-state index in [0.29, 0.717) is 0 Å². The lowest BCUT2D eigenvalue weighted by Crippen LogP contribution is -2.06. The third-order valence-electron chi connectivity index (χ3n) is 3.83. The van der Waals surface area contributed by atoms with Gasteiger partial charge in [0.15, 0.2) is 0 Å². The smallest absolute Gasteiger partial charge is 0.0951 e. The van der Waals surface area contributed by atoms with Crippen LogP contribution in [0.5, 0.6) is 0 Å². The largest absolute Gasteiger partial charge is 0.354 e. The summed E-state index contributed by atoms with van der Waals surface area (Å²) in [6.45, 7) is 2.19. The van der Waals surface area contributed by atoms with E-state index < -0.39 is 0 Å². The third-order valence-corrected chi connectivity index (χ3v) is 4.99. The van der Waals surface area contributed by atoms with Gasteiger partial charge in [0.25, 0.3) is 0 Å². The number of benzene rings is 2. The van der Waals surface area contributed by atoms with Crippen molar-refractivity contribution in [3.05, 3.63) is 66.7 Å². The Morgan fingerprint density at radius 1 is 1.10 bits per heavy atom. The maximum atomic E-state index is 4.13. The minimum Gasteiger partial charge on any atom is -0.354 e. The van der Waals surface area contributed by atoms with Gasteiger partial charge < -0.3 is 9.88 Å². The van der Waals surface area contributed by atoms with E-state index in [4.69, 9.17) is 0 Å². The molecule has 0 amide bonds. The molecule has 21 heavy (non-hydrogen) atoms. The summed E-state index contributed by atoms with van der Waals surface area (Å²) >= 11 is 1.82. The van der Waals surface area contributed by atoms with Gasteiger partial charge in [0, 0.05) is 22.2 Å². The molecule has 2 heterocycles. The van der Waals surface area contributed by atoms with Gasteiger partial charge in [-0.25, -0.2) is 4.98 Å². The zero-order valence-electron chi connectivity index (χ0n) is 11.7. The van der Waals surface area contributed by atoms with E-state index in [1.165, 1.54) is 26.7 Å². The number of nitrogens with zero attached hydrogens (tertiary/aromatic N) is 2. The van der Waals surface area contributed by atoms with Gasteiger partial charge in [-0.05, 0) is 36.8 Å². The molecular weight excluding hydrogens is 278 g/mol. The molecule has 0 fully saturated rings. The standard InChI is InChI=1S/C17H15N3S/c1-12(20-9-8-18-11-20)13-6-7-17-15(10-13)19-14-4-2-3-5-16(14)21-17/h2-12,19H,1H3. The van der Waals surface area contributed by atoms with Crippen LogP contribution in [0, 0.1) is 0 Å². The van der Waals surface area contributed by atoms with E-state index in [1.807, 2.05) is 30.5 Å². The molecule has 0 saturated heterocycles. The van der Waals surface area contributed by atoms with Crippen molar-refractivity contribution in [2.24, 2.45) is 0 Å². The summed E-state index contributed by atoms with van der Waals surface area (Å²) in [5, 5.41) is 3.54. The average Bonchev–Trinajstić information content (AvgIpc) is 3.06. The van der Waals surface area contributed by atoms with Gasteiger partial charge >= 0.3 is 0 Å². The van der Waals surface area contributed by atoms with Crippen LogP contribution < -0.4 is 5.32 Å². The van der Waals surface area contributed by atoms with Crippen LogP contribution in [0.1, 0.15) is 18.5 Å². The number of anilines is 2. The molecule has 0 saturated carbocycles. The Bertz CT molecular complexity index is 780. The molecule has 1 aliphatic rings. The number of nitrogens with one attached hydrogen (secondary N) is 1. The number of para-hydroxylation sites is 1. The molecule has 1 aromatic heterocycles. The fourth-order valence-electron chi connectivity index (χ4n) is 2.59. The van der Waals surface area contributed by atoms with E-state index in [1.54, 1.807) is 0 Å². The number of hydrogen-bond acceptors (Lipinski definition) is 3. The molecule has 1 unspecified atom stereocenters. The van der Waals surface area contributed by atoms with Crippen molar-refractivity contribution in [1.82, 2.24) is 9.55 Å². The molecule has 4 heteroatoms. The SMILES string of the molecule is CC(c1ccc2c(c1)Nc1ccccc1S2)n1ccnc1. The van der Waals surface area contributed by atoms with E-state index >= 15 is 0 Å². The molecule has 0 radical (unpaired) electrons. The fourth-order valence-corrected chi connectivity index (χ4v) is 3.56. The summed E-state index contributed by atoms with van der Waals surface area (Å²) in [4.78, 5) is 6.68. The van der Waals surface area contributed by atoms with E-state index in [2.05, 4.69) is 64.3 Å². The van der Waals surface area contributed by atoms with Crippen LogP contribution in [0.15, 0.2) is 71.0 Å². The summed E-state index contributed by atoms with van der Waals surface area (Å²) < 4.78 is 2.12. The van der Waals surface area contributed by atoms with Crippen LogP contribution in [-0.4, -0.2) is 9.55 Å². The van der Waals surface area contributed by atoms with Gasteiger partial charge in [0.1, 0.15) is 0 Å². The molecule has 0 aliphatic carbocycles. The van der Waals surface area contributed by atoms with Crippen LogP contribution in [0.25, 0.3) is 0 Å². The summed E-state index contributed by atoms with van der Waals surface area (Å²) in [5.41, 5.74) is 3.64. The highest BCUT2D eigenvalue weighted by Crippen LogP contribution is 2.44. The maximum absolute atomic E-state index is 4.13. The average molecular weight is 293 g/mol. The number of rotatable bonds is 2. The van der Waals surface area contributed by atoms with Crippen molar-refractivity contribution >= 4 is 23.1 Å². The van der Waals surface area contributed by atoms with Gasteiger partial charge in [-0.2, -0.15) is 0 Å². The summed E-state index contributed by atoms with van der Waals surface area (Å²) in [7, 11) is 0. The zero-order valence-corrected chi connectivity index (χ0v) is 12.5. The Morgan fingerprint density at radius 3 is 2.81 bits per heavy atom. The Balaban J connectivity index is 1.70. The molecule has 0 bridgehead atoms. The lowest BCUT2D eigenvalue weighted by molar-refractivity contribution is 0.638. The third kappa shape index (κ3) is 2.21. The Hall–Kier alpha value is -2.20. The second-order valence-corrected chi connectivity index (χ2v) is 6.25. The van der Waals surface area contributed by atoms with Gasteiger partial charge in [0.2, 0.25) is 0 Å². The van der Waals surface area contributed by atoms with Crippen molar-refractivity contribution in [3.8, 4) is 0 Å². The number of imidazole rings is 1. The summed E-state index contributed by atoms with van der Waals surface area (Å²) in [6, 6.07) is 15.3. The lowest BCUT2D eigenvalue weighted by Gasteiger charge is -2.23. The number of aromatic nitrogens is 2. The maximum Gasteiger partial charge on any atom is 0.0951 e. The first kappa shape index (κ1) is 12.5. The normalized spacial score (nSPS) is 14.0. The van der Waals surface area contributed by atoms with Crippen LogP contribution in [0.3, 0.4) is 0 Å². The monoisotopic (exact) mass is 293 g/mol. The van der Waals surface area contributed by atoms with Crippen LogP contribution in [0.4, 0.5) is 11.4 Å². The van der Waals surface area contributed by atoms with Crippen molar-refractivity contribution in [3.63, 3.8) is 0 Å². The second kappa shape index (κ2) is 4.97. The van der Waals surface area contributed by atoms with Crippen LogP contribution in [0.2, 0.25) is 0 Å². The van der Waals surface area contributed by atoms with Crippen LogP contribution >= 0.6 is 11.8 Å². The van der Waals surface area contributed by atoms with Gasteiger partial charge in [0.05, 0.1) is 23.7 Å². The minimum absolute atomic E-state index is 0.279. The Morgan fingerprint density at radius 2 is 1.95 bits per heavy atom. The van der Waals surface area contributed by atoms with Crippen molar-refractivity contribution < 1.29 is 0 Å². The van der Waals surface area contributed by atoms with Gasteiger partial charge in [-0.3, -0.25) is 0 Å². The van der Waals surface area contributed by atoms with E-state index in [9.17, 15) is 0 Å². The summed E-state index contributed by atoms with van der Waals surface area (Å²) in [5.74, 6) is 0. The lowest BCUT2D eigenvalue weighted by atomic mass is 10.1. The van der Waals surface area contributed by atoms with Crippen molar-refractivity contribution in [1.29, 1.82) is 0 Å². The van der Waals surface area contributed by atoms with E-state index in [-0.39, 0.29) is 6.04 Å². The first-order chi connectivity index (χ1) is 10.3. The molecule has 1 aliphatic heterocycles. The molecule has 2 aromatic carbocycles. The van der Waals surface area contributed by atoms with Crippen molar-refractivity contribution in [2.75, 3.05) is 5.32 Å². The first-order valence-electron chi connectivity index (χ1n) is 6.96. The summed E-state index contributed by atoms with van der Waals surface area (Å²) in [6.07, 6.45) is 5.68. The molecular formula is C17H15N3S. The zero-order chi connectivity index (χ0) is 14.2. The number of fused-ring (bicyclic) bond motifs is 2. The quantitative estimate of drug-likeness (QED) is 0.581. The fraction of sp³-hybridized carbons (Fsp3) is 0.118. The Kier molecular flexibility index (Phi) is 2.97. The highest BCUT2D eigenvalue weighted by molar-refractivity contribution is 7.99. The van der Waals surface area contributed by atoms with Gasteiger partial charge in [-0.15, -0.1) is 0 Å². The van der Waals surface area contributed by atoms with Crippen LogP contribution in [-0.2, 0) is 0 Å². The minimum atomic E-state index is 0.279. The molecule has 3 nitrogen and oxygen atoms in total. The predicted octanol–water partition coefficient (Wildman–Crippen LogP) is 4.70. The second-order valence-electron chi connectivity index (χ2n) is 5.16. The van der Waals surface area contributed by atoms with E-state index in [0.717, 1.165) is 0 Å². The molecule has 104 valence electrons. The first-order valence-corrected chi connectivity index (χ1v) is 7.78. The Labute approximate surface area is 128 Å². The van der Waals surface area contributed by atoms with Crippen molar-refractivity contribution in [2.45, 2.75) is 22.8 Å². The number of hydrogen-bond donors (Lipinski definition) is 1. The highest BCUT2D eigenvalue weighted by atomic mass is 32.2. The highest BCUT2D eigenvalue weighted by Gasteiger charge is 2.17. The topological polar surface area (TPSA) is 29.9 Å². The molecule has 3 aromatic rings. The van der Waals surface area contributed by atoms with Gasteiger partial charge in [-0.1, -0.05) is 30.0 Å². The molecule has 1 atom stereocenters. The predicted molar refractivity (Wildman–Crippen MR) is 86.3 cm³/mol. The molecule has 0 spiro atoms. The molecule has 4 rings (SSSR count). The molecule has 1 N–H and O–H groups in total.